The molecule has 0 aliphatic heterocycles. The van der Waals surface area contributed by atoms with Crippen molar-refractivity contribution in [2.24, 2.45) is 5.92 Å². The Hall–Kier alpha value is -1.16. The zero-order chi connectivity index (χ0) is 13.5. The molecule has 0 atom stereocenters. The molecule has 1 saturated carbocycles. The molecule has 2 aromatic heterocycles. The van der Waals surface area contributed by atoms with Crippen LogP contribution in [-0.4, -0.2) is 19.6 Å². The third-order valence-electron chi connectivity index (χ3n) is 4.12. The van der Waals surface area contributed by atoms with Gasteiger partial charge in [-0.25, -0.2) is 4.98 Å². The van der Waals surface area contributed by atoms with Crippen molar-refractivity contribution in [2.75, 3.05) is 0 Å². The Balaban J connectivity index is 2.13. The lowest BCUT2D eigenvalue weighted by Crippen LogP contribution is -2.27. The lowest BCUT2D eigenvalue weighted by atomic mass is 9.78. The molecule has 0 spiro atoms. The summed E-state index contributed by atoms with van der Waals surface area (Å²) in [6, 6.07) is 0. The SMILES string of the molecule is CC(C)CC1(c2nnc3c(Cl)nccn23)CCCC1. The van der Waals surface area contributed by atoms with Crippen LogP contribution in [0.5, 0.6) is 0 Å². The topological polar surface area (TPSA) is 43.1 Å². The number of nitrogens with zero attached hydrogens (tertiary/aromatic N) is 4. The molecule has 0 amide bonds. The van der Waals surface area contributed by atoms with E-state index in [-0.39, 0.29) is 5.41 Å². The van der Waals surface area contributed by atoms with E-state index in [1.807, 2.05) is 10.6 Å². The van der Waals surface area contributed by atoms with Crippen LogP contribution in [0.1, 0.15) is 51.8 Å². The van der Waals surface area contributed by atoms with E-state index in [0.717, 1.165) is 12.2 Å². The number of fused-ring (bicyclic) bond motifs is 1. The first-order chi connectivity index (χ1) is 9.12. The van der Waals surface area contributed by atoms with Gasteiger partial charge in [-0.15, -0.1) is 10.2 Å². The minimum Gasteiger partial charge on any atom is -0.282 e. The first-order valence-electron chi connectivity index (χ1n) is 6.98. The van der Waals surface area contributed by atoms with Gasteiger partial charge in [-0.1, -0.05) is 38.3 Å². The molecule has 2 heterocycles. The van der Waals surface area contributed by atoms with Gasteiger partial charge in [0.1, 0.15) is 5.82 Å². The molecule has 1 aliphatic rings. The van der Waals surface area contributed by atoms with E-state index in [0.29, 0.717) is 16.7 Å². The molecule has 0 radical (unpaired) electrons. The zero-order valence-electron chi connectivity index (χ0n) is 11.4. The van der Waals surface area contributed by atoms with E-state index in [9.17, 15) is 0 Å². The van der Waals surface area contributed by atoms with Crippen molar-refractivity contribution in [3.63, 3.8) is 0 Å². The third-order valence-corrected chi connectivity index (χ3v) is 4.38. The van der Waals surface area contributed by atoms with Gasteiger partial charge in [-0.2, -0.15) is 0 Å². The fourth-order valence-corrected chi connectivity index (χ4v) is 3.70. The second-order valence-corrected chi connectivity index (χ2v) is 6.38. The van der Waals surface area contributed by atoms with Crippen LogP contribution in [0.15, 0.2) is 12.4 Å². The van der Waals surface area contributed by atoms with Gasteiger partial charge in [0.25, 0.3) is 0 Å². The average molecular weight is 279 g/mol. The highest BCUT2D eigenvalue weighted by Gasteiger charge is 2.40. The summed E-state index contributed by atoms with van der Waals surface area (Å²) in [5.41, 5.74) is 0.840. The number of hydrogen-bond donors (Lipinski definition) is 0. The molecule has 3 rings (SSSR count). The monoisotopic (exact) mass is 278 g/mol. The van der Waals surface area contributed by atoms with Crippen LogP contribution in [-0.2, 0) is 5.41 Å². The van der Waals surface area contributed by atoms with Crippen LogP contribution in [0.4, 0.5) is 0 Å². The second kappa shape index (κ2) is 4.75. The first-order valence-corrected chi connectivity index (χ1v) is 7.36. The predicted octanol–water partition coefficient (Wildman–Crippen LogP) is 3.64. The highest BCUT2D eigenvalue weighted by molar-refractivity contribution is 6.32. The molecular weight excluding hydrogens is 260 g/mol. The summed E-state index contributed by atoms with van der Waals surface area (Å²) in [5, 5.41) is 9.12. The van der Waals surface area contributed by atoms with Crippen LogP contribution in [0.2, 0.25) is 5.15 Å². The normalized spacial score (nSPS) is 18.5. The van der Waals surface area contributed by atoms with Gasteiger partial charge in [0.05, 0.1) is 0 Å². The number of rotatable bonds is 3. The highest BCUT2D eigenvalue weighted by Crippen LogP contribution is 2.44. The first kappa shape index (κ1) is 12.9. The van der Waals surface area contributed by atoms with Gasteiger partial charge in [-0.05, 0) is 25.2 Å². The predicted molar refractivity (Wildman–Crippen MR) is 75.4 cm³/mol. The Bertz CT molecular complexity index is 584. The van der Waals surface area contributed by atoms with Crippen molar-refractivity contribution in [3.05, 3.63) is 23.4 Å². The fourth-order valence-electron chi connectivity index (χ4n) is 3.51. The van der Waals surface area contributed by atoms with Crippen molar-refractivity contribution in [1.82, 2.24) is 19.6 Å². The van der Waals surface area contributed by atoms with Crippen molar-refractivity contribution in [2.45, 2.75) is 51.4 Å². The summed E-state index contributed by atoms with van der Waals surface area (Å²) in [5.74, 6) is 1.72. The third kappa shape index (κ3) is 2.12. The van der Waals surface area contributed by atoms with Crippen molar-refractivity contribution in [1.29, 1.82) is 0 Å². The standard InChI is InChI=1S/C14H19ClN4/c1-10(2)9-14(5-3-4-6-14)13-18-17-12-11(15)16-7-8-19(12)13/h7-8,10H,3-6,9H2,1-2H3. The Labute approximate surface area is 118 Å². The van der Waals surface area contributed by atoms with Crippen molar-refractivity contribution >= 4 is 17.2 Å². The molecule has 2 aromatic rings. The smallest absolute Gasteiger partial charge is 0.198 e. The lowest BCUT2D eigenvalue weighted by molar-refractivity contribution is 0.326. The number of halogens is 1. The second-order valence-electron chi connectivity index (χ2n) is 6.02. The molecule has 0 saturated heterocycles. The Kier molecular flexibility index (Phi) is 3.21. The summed E-state index contributed by atoms with van der Waals surface area (Å²) in [7, 11) is 0. The molecule has 5 heteroatoms. The van der Waals surface area contributed by atoms with Gasteiger partial charge < -0.3 is 0 Å². The maximum absolute atomic E-state index is 6.09. The van der Waals surface area contributed by atoms with Gasteiger partial charge in [0, 0.05) is 17.8 Å². The quantitative estimate of drug-likeness (QED) is 0.861. The van der Waals surface area contributed by atoms with E-state index in [2.05, 4.69) is 29.0 Å². The van der Waals surface area contributed by atoms with E-state index in [4.69, 9.17) is 11.6 Å². The molecule has 1 aliphatic carbocycles. The zero-order valence-corrected chi connectivity index (χ0v) is 12.2. The molecule has 0 unspecified atom stereocenters. The minimum absolute atomic E-state index is 0.165. The van der Waals surface area contributed by atoms with E-state index in [1.54, 1.807) is 6.20 Å². The van der Waals surface area contributed by atoms with Gasteiger partial charge >= 0.3 is 0 Å². The van der Waals surface area contributed by atoms with Crippen LogP contribution in [0.25, 0.3) is 5.65 Å². The summed E-state index contributed by atoms with van der Waals surface area (Å²) in [6.07, 6.45) is 9.77. The van der Waals surface area contributed by atoms with E-state index >= 15 is 0 Å². The molecule has 0 aromatic carbocycles. The molecule has 0 bridgehead atoms. The van der Waals surface area contributed by atoms with Crippen LogP contribution in [0, 0.1) is 5.92 Å². The molecule has 19 heavy (non-hydrogen) atoms. The summed E-state index contributed by atoms with van der Waals surface area (Å²) < 4.78 is 2.03. The Morgan fingerprint density at radius 3 is 2.74 bits per heavy atom. The minimum atomic E-state index is 0.165. The molecular formula is C14H19ClN4. The maximum Gasteiger partial charge on any atom is 0.198 e. The van der Waals surface area contributed by atoms with Crippen LogP contribution in [0.3, 0.4) is 0 Å². The highest BCUT2D eigenvalue weighted by atomic mass is 35.5. The summed E-state index contributed by atoms with van der Waals surface area (Å²) >= 11 is 6.09. The Morgan fingerprint density at radius 2 is 2.05 bits per heavy atom. The van der Waals surface area contributed by atoms with Crippen LogP contribution < -0.4 is 0 Å². The maximum atomic E-state index is 6.09. The summed E-state index contributed by atoms with van der Waals surface area (Å²) in [4.78, 5) is 4.07. The molecule has 102 valence electrons. The lowest BCUT2D eigenvalue weighted by Gasteiger charge is -2.29. The van der Waals surface area contributed by atoms with Crippen molar-refractivity contribution < 1.29 is 0 Å². The molecule has 0 N–H and O–H groups in total. The Morgan fingerprint density at radius 1 is 1.32 bits per heavy atom. The van der Waals surface area contributed by atoms with Crippen LogP contribution >= 0.6 is 11.6 Å². The van der Waals surface area contributed by atoms with E-state index in [1.165, 1.54) is 25.7 Å². The number of hydrogen-bond acceptors (Lipinski definition) is 3. The van der Waals surface area contributed by atoms with E-state index < -0.39 is 0 Å². The van der Waals surface area contributed by atoms with Gasteiger partial charge in [-0.3, -0.25) is 4.40 Å². The van der Waals surface area contributed by atoms with Gasteiger partial charge in [0.15, 0.2) is 10.8 Å². The van der Waals surface area contributed by atoms with Crippen molar-refractivity contribution in [3.8, 4) is 0 Å². The summed E-state index contributed by atoms with van der Waals surface area (Å²) in [6.45, 7) is 4.55. The number of aromatic nitrogens is 4. The largest absolute Gasteiger partial charge is 0.282 e. The fraction of sp³-hybridized carbons (Fsp3) is 0.643. The molecule has 1 fully saturated rings. The van der Waals surface area contributed by atoms with Gasteiger partial charge in [0.2, 0.25) is 0 Å². The average Bonchev–Trinajstić information content (AvgIpc) is 2.96. The molecule has 4 nitrogen and oxygen atoms in total.